The van der Waals surface area contributed by atoms with Gasteiger partial charge in [0.1, 0.15) is 0 Å². The molecule has 0 aliphatic heterocycles. The fourth-order valence-electron chi connectivity index (χ4n) is 0.521. The molecule has 0 aromatic heterocycles. The molecule has 0 aliphatic rings. The van der Waals surface area contributed by atoms with Crippen LogP contribution in [0.3, 0.4) is 0 Å². The van der Waals surface area contributed by atoms with E-state index in [-0.39, 0.29) is 6.42 Å². The lowest BCUT2D eigenvalue weighted by molar-refractivity contribution is -0.137. The smallest absolute Gasteiger partial charge is 0.327 e. The summed E-state index contributed by atoms with van der Waals surface area (Å²) in [5, 5.41) is 0. The van der Waals surface area contributed by atoms with Gasteiger partial charge in [0.15, 0.2) is 0 Å². The van der Waals surface area contributed by atoms with Crippen molar-refractivity contribution < 1.29 is 13.2 Å². The fourth-order valence-corrected chi connectivity index (χ4v) is 0.521. The van der Waals surface area contributed by atoms with Crippen molar-refractivity contribution in [1.29, 1.82) is 0 Å². The second-order valence-electron chi connectivity index (χ2n) is 1.99. The van der Waals surface area contributed by atoms with Crippen LogP contribution >= 0.6 is 0 Å². The summed E-state index contributed by atoms with van der Waals surface area (Å²) in [6.45, 7) is 0. The maximum Gasteiger partial charge on any atom is 0.390 e. The lowest BCUT2D eigenvalue weighted by Crippen LogP contribution is -2.26. The zero-order chi connectivity index (χ0) is 8.20. The third-order valence-corrected chi connectivity index (χ3v) is 0.874. The van der Waals surface area contributed by atoms with Crippen molar-refractivity contribution in [2.75, 3.05) is 0 Å². The largest absolute Gasteiger partial charge is 0.390 e. The third-order valence-electron chi connectivity index (χ3n) is 0.874. The summed E-state index contributed by atoms with van der Waals surface area (Å²) in [6, 6.07) is -0.954. The van der Waals surface area contributed by atoms with Gasteiger partial charge in [-0.15, -0.1) is 12.3 Å². The van der Waals surface area contributed by atoms with Crippen molar-refractivity contribution in [2.24, 2.45) is 5.73 Å². The topological polar surface area (TPSA) is 26.0 Å². The number of rotatable bonds is 2. The van der Waals surface area contributed by atoms with Gasteiger partial charge in [0.05, 0.1) is 6.42 Å². The Morgan fingerprint density at radius 3 is 2.30 bits per heavy atom. The first-order valence-corrected chi connectivity index (χ1v) is 2.71. The molecular weight excluding hydrogens is 143 g/mol. The van der Waals surface area contributed by atoms with Gasteiger partial charge in [-0.25, -0.2) is 0 Å². The van der Waals surface area contributed by atoms with Crippen LogP contribution in [0.2, 0.25) is 0 Å². The standard InChI is InChI=1S/C6H8F3N/c1-2-3-5(10)4-6(7,8)9/h1,5H,3-4,10H2/t5-/m1/s1. The normalized spacial score (nSPS) is 14.3. The summed E-state index contributed by atoms with van der Waals surface area (Å²) in [5.74, 6) is 2.07. The lowest BCUT2D eigenvalue weighted by Gasteiger charge is -2.10. The highest BCUT2D eigenvalue weighted by Crippen LogP contribution is 2.21. The Kier molecular flexibility index (Phi) is 3.23. The van der Waals surface area contributed by atoms with Gasteiger partial charge < -0.3 is 5.73 Å². The molecule has 0 fully saturated rings. The molecule has 0 saturated carbocycles. The molecule has 4 heteroatoms. The van der Waals surface area contributed by atoms with E-state index in [0.717, 1.165) is 0 Å². The van der Waals surface area contributed by atoms with Crippen molar-refractivity contribution in [1.82, 2.24) is 0 Å². The maximum atomic E-state index is 11.5. The van der Waals surface area contributed by atoms with E-state index in [9.17, 15) is 13.2 Å². The van der Waals surface area contributed by atoms with Gasteiger partial charge in [-0.3, -0.25) is 0 Å². The Bertz CT molecular complexity index is 133. The van der Waals surface area contributed by atoms with Crippen molar-refractivity contribution >= 4 is 0 Å². The quantitative estimate of drug-likeness (QED) is 0.591. The number of hydrogen-bond donors (Lipinski definition) is 1. The number of terminal acetylenes is 1. The Balaban J connectivity index is 3.60. The number of alkyl halides is 3. The molecule has 0 aromatic rings. The molecular formula is C6H8F3N. The van der Waals surface area contributed by atoms with Crippen molar-refractivity contribution in [3.63, 3.8) is 0 Å². The molecule has 0 rings (SSSR count). The minimum absolute atomic E-state index is 0.0283. The molecule has 0 saturated heterocycles. The highest BCUT2D eigenvalue weighted by molar-refractivity contribution is 4.89. The average molecular weight is 151 g/mol. The van der Waals surface area contributed by atoms with Crippen LogP contribution in [0.25, 0.3) is 0 Å². The molecule has 0 unspecified atom stereocenters. The van der Waals surface area contributed by atoms with Crippen LogP contribution < -0.4 is 5.73 Å². The maximum absolute atomic E-state index is 11.5. The molecule has 1 nitrogen and oxygen atoms in total. The van der Waals surface area contributed by atoms with E-state index in [4.69, 9.17) is 12.2 Å². The van der Waals surface area contributed by atoms with Gasteiger partial charge in [-0.2, -0.15) is 13.2 Å². The summed E-state index contributed by atoms with van der Waals surface area (Å²) in [6.07, 6.45) is -0.478. The van der Waals surface area contributed by atoms with E-state index in [1.165, 1.54) is 0 Å². The molecule has 1 atom stereocenters. The highest BCUT2D eigenvalue weighted by atomic mass is 19.4. The number of halogens is 3. The summed E-state index contributed by atoms with van der Waals surface area (Å²) in [4.78, 5) is 0. The van der Waals surface area contributed by atoms with Crippen LogP contribution in [0.5, 0.6) is 0 Å². The van der Waals surface area contributed by atoms with E-state index < -0.39 is 18.6 Å². The molecule has 0 amide bonds. The van der Waals surface area contributed by atoms with Crippen LogP contribution in [-0.4, -0.2) is 12.2 Å². The number of nitrogens with two attached hydrogens (primary N) is 1. The SMILES string of the molecule is C#CC[C@@H](N)CC(F)(F)F. The van der Waals surface area contributed by atoms with Crippen molar-refractivity contribution in [3.05, 3.63) is 0 Å². The summed E-state index contributed by atoms with van der Waals surface area (Å²) >= 11 is 0. The minimum atomic E-state index is -4.20. The molecule has 0 heterocycles. The van der Waals surface area contributed by atoms with Crippen LogP contribution in [-0.2, 0) is 0 Å². The van der Waals surface area contributed by atoms with Gasteiger partial charge in [0, 0.05) is 12.5 Å². The van der Waals surface area contributed by atoms with Gasteiger partial charge in [0.2, 0.25) is 0 Å². The molecule has 58 valence electrons. The lowest BCUT2D eigenvalue weighted by atomic mass is 10.1. The summed E-state index contributed by atoms with van der Waals surface area (Å²) in [5.41, 5.74) is 5.01. The van der Waals surface area contributed by atoms with Gasteiger partial charge >= 0.3 is 6.18 Å². The molecule has 0 aromatic carbocycles. The third kappa shape index (κ3) is 5.45. The van der Waals surface area contributed by atoms with Crippen LogP contribution in [0.4, 0.5) is 13.2 Å². The monoisotopic (exact) mass is 151 g/mol. The van der Waals surface area contributed by atoms with Crippen LogP contribution in [0.1, 0.15) is 12.8 Å². The van der Waals surface area contributed by atoms with Crippen molar-refractivity contribution in [2.45, 2.75) is 25.1 Å². The van der Waals surface area contributed by atoms with E-state index in [0.29, 0.717) is 0 Å². The molecule has 0 radical (unpaired) electrons. The zero-order valence-electron chi connectivity index (χ0n) is 5.28. The van der Waals surface area contributed by atoms with E-state index in [1.54, 1.807) is 0 Å². The second-order valence-corrected chi connectivity index (χ2v) is 1.99. The molecule has 0 aliphatic carbocycles. The molecule has 10 heavy (non-hydrogen) atoms. The zero-order valence-corrected chi connectivity index (χ0v) is 5.28. The van der Waals surface area contributed by atoms with Gasteiger partial charge in [-0.1, -0.05) is 0 Å². The Morgan fingerprint density at radius 2 is 2.00 bits per heavy atom. The van der Waals surface area contributed by atoms with Crippen molar-refractivity contribution in [3.8, 4) is 12.3 Å². The Morgan fingerprint density at radius 1 is 1.50 bits per heavy atom. The van der Waals surface area contributed by atoms with E-state index >= 15 is 0 Å². The minimum Gasteiger partial charge on any atom is -0.327 e. The second kappa shape index (κ2) is 3.47. The van der Waals surface area contributed by atoms with Crippen LogP contribution in [0, 0.1) is 12.3 Å². The number of hydrogen-bond acceptors (Lipinski definition) is 1. The molecule has 2 N–H and O–H groups in total. The first kappa shape index (κ1) is 9.31. The average Bonchev–Trinajstić information content (AvgIpc) is 1.59. The summed E-state index contributed by atoms with van der Waals surface area (Å²) < 4.78 is 34.4. The van der Waals surface area contributed by atoms with Crippen LogP contribution in [0.15, 0.2) is 0 Å². The Labute approximate surface area is 57.4 Å². The first-order valence-electron chi connectivity index (χ1n) is 2.71. The highest BCUT2D eigenvalue weighted by Gasteiger charge is 2.29. The summed E-state index contributed by atoms with van der Waals surface area (Å²) in [7, 11) is 0. The van der Waals surface area contributed by atoms with E-state index in [1.807, 2.05) is 0 Å². The van der Waals surface area contributed by atoms with Gasteiger partial charge in [0.25, 0.3) is 0 Å². The van der Waals surface area contributed by atoms with Gasteiger partial charge in [-0.05, 0) is 0 Å². The Hall–Kier alpha value is -0.690. The molecule has 0 spiro atoms. The predicted molar refractivity (Wildman–Crippen MR) is 32.1 cm³/mol. The fraction of sp³-hybridized carbons (Fsp3) is 0.667. The predicted octanol–water partition coefficient (Wildman–Crippen LogP) is 1.29. The first-order chi connectivity index (χ1) is 4.45. The van der Waals surface area contributed by atoms with E-state index in [2.05, 4.69) is 5.92 Å². The molecule has 0 bridgehead atoms.